The Labute approximate surface area is 233 Å². The molecule has 5 rings (SSSR count). The first-order chi connectivity index (χ1) is 19.2. The van der Waals surface area contributed by atoms with E-state index in [1.54, 1.807) is 30.3 Å². The molecule has 7 N–H and O–H groups in total. The molecule has 0 saturated carbocycles. The van der Waals surface area contributed by atoms with E-state index in [9.17, 15) is 24.6 Å². The quantitative estimate of drug-likeness (QED) is 0.117. The number of fused-ring (bicyclic) bond motifs is 6. The van der Waals surface area contributed by atoms with Crippen LogP contribution in [0.1, 0.15) is 46.3 Å². The van der Waals surface area contributed by atoms with Crippen LogP contribution in [-0.2, 0) is 24.7 Å². The number of hydrogen-bond acceptors (Lipinski definition) is 11. The van der Waals surface area contributed by atoms with E-state index in [1.165, 1.54) is 24.3 Å². The molecule has 1 spiro atoms. The Hall–Kier alpha value is -4.26. The highest BCUT2D eigenvalue weighted by Gasteiger charge is 2.55. The number of carbonyl (C=O) groups is 3. The molecule has 12 heteroatoms. The first-order valence-corrected chi connectivity index (χ1v) is 13.2. The number of esters is 2. The van der Waals surface area contributed by atoms with Gasteiger partial charge >= 0.3 is 11.9 Å². The standard InChI is InChI=1S/C28H27N3O8S/c1-37-26(36)27(30,10-4-5-11-29)25(35)31-40-22-14-16(33)13-21-23(22)28(19-9-8-15(32)12-20(19)38-21)18-7-3-2-6-17(18)24(34)39-28/h2-3,6-9,12-14,32-33H,4-5,10-11,29-30H2,1H3,(H,31,35). The lowest BCUT2D eigenvalue weighted by Gasteiger charge is -2.37. The highest BCUT2D eigenvalue weighted by atomic mass is 32.2. The van der Waals surface area contributed by atoms with Gasteiger partial charge in [0.05, 0.1) is 18.2 Å². The third kappa shape index (κ3) is 4.30. The third-order valence-corrected chi connectivity index (χ3v) is 7.80. The second-order valence-corrected chi connectivity index (χ2v) is 10.3. The topological polar surface area (TPSA) is 183 Å². The number of ether oxygens (including phenoxy) is 3. The zero-order chi connectivity index (χ0) is 28.7. The molecule has 208 valence electrons. The largest absolute Gasteiger partial charge is 0.508 e. The Morgan fingerprint density at radius 3 is 2.55 bits per heavy atom. The van der Waals surface area contributed by atoms with E-state index in [0.29, 0.717) is 41.6 Å². The smallest absolute Gasteiger partial charge is 0.340 e. The monoisotopic (exact) mass is 565 g/mol. The van der Waals surface area contributed by atoms with E-state index in [4.69, 9.17) is 25.7 Å². The Morgan fingerprint density at radius 1 is 1.05 bits per heavy atom. The first kappa shape index (κ1) is 27.3. The molecule has 1 amide bonds. The summed E-state index contributed by atoms with van der Waals surface area (Å²) in [5.74, 6) is -2.24. The number of methoxy groups -OCH3 is 1. The number of unbranched alkanes of at least 4 members (excludes halogenated alkanes) is 1. The molecule has 0 aliphatic carbocycles. The highest BCUT2D eigenvalue weighted by molar-refractivity contribution is 7.98. The van der Waals surface area contributed by atoms with Gasteiger partial charge in [-0.1, -0.05) is 18.2 Å². The lowest BCUT2D eigenvalue weighted by molar-refractivity contribution is -0.151. The predicted octanol–water partition coefficient (Wildman–Crippen LogP) is 2.79. The molecule has 3 aromatic carbocycles. The van der Waals surface area contributed by atoms with E-state index in [1.807, 2.05) is 0 Å². The van der Waals surface area contributed by atoms with Gasteiger partial charge in [0, 0.05) is 28.2 Å². The van der Waals surface area contributed by atoms with Crippen molar-refractivity contribution in [2.45, 2.75) is 35.3 Å². The number of aromatic hydroxyl groups is 2. The van der Waals surface area contributed by atoms with Gasteiger partial charge in [-0.2, -0.15) is 0 Å². The maximum atomic E-state index is 13.3. The Kier molecular flexibility index (Phi) is 7.08. The number of hydrogen-bond donors (Lipinski definition) is 5. The molecule has 2 atom stereocenters. The Morgan fingerprint density at radius 2 is 1.80 bits per heavy atom. The molecule has 0 saturated heterocycles. The third-order valence-electron chi connectivity index (χ3n) is 6.97. The highest BCUT2D eigenvalue weighted by Crippen LogP contribution is 2.59. The number of phenolic OH excluding ortho intramolecular Hbond substituents is 2. The van der Waals surface area contributed by atoms with E-state index in [-0.39, 0.29) is 34.3 Å². The van der Waals surface area contributed by atoms with Gasteiger partial charge in [0.2, 0.25) is 0 Å². The normalized spacial score (nSPS) is 18.0. The van der Waals surface area contributed by atoms with Gasteiger partial charge in [-0.25, -0.2) is 9.59 Å². The molecular weight excluding hydrogens is 538 g/mol. The minimum Gasteiger partial charge on any atom is -0.508 e. The summed E-state index contributed by atoms with van der Waals surface area (Å²) in [5.41, 5.74) is 9.87. The average Bonchev–Trinajstić information content (AvgIpc) is 3.22. The van der Waals surface area contributed by atoms with Crippen molar-refractivity contribution in [3.8, 4) is 23.0 Å². The van der Waals surface area contributed by atoms with E-state index < -0.39 is 29.0 Å². The lowest BCUT2D eigenvalue weighted by atomic mass is 9.77. The van der Waals surface area contributed by atoms with Gasteiger partial charge in [-0.05, 0) is 62.0 Å². The van der Waals surface area contributed by atoms with Crippen LogP contribution in [0.5, 0.6) is 23.0 Å². The minimum atomic E-state index is -1.99. The fourth-order valence-electron chi connectivity index (χ4n) is 5.06. The van der Waals surface area contributed by atoms with Gasteiger partial charge in [-0.3, -0.25) is 9.52 Å². The number of nitrogens with one attached hydrogen (secondary N) is 1. The molecule has 2 aliphatic heterocycles. The van der Waals surface area contributed by atoms with Crippen molar-refractivity contribution in [1.82, 2.24) is 4.72 Å². The van der Waals surface area contributed by atoms with E-state index in [2.05, 4.69) is 4.72 Å². The molecule has 11 nitrogen and oxygen atoms in total. The van der Waals surface area contributed by atoms with Crippen LogP contribution in [0, 0.1) is 0 Å². The van der Waals surface area contributed by atoms with Crippen molar-refractivity contribution >= 4 is 29.8 Å². The second kappa shape index (κ2) is 10.4. The molecule has 2 unspecified atom stereocenters. The fourth-order valence-corrected chi connectivity index (χ4v) is 5.97. The minimum absolute atomic E-state index is 0.00365. The van der Waals surface area contributed by atoms with Gasteiger partial charge in [0.1, 0.15) is 23.0 Å². The number of phenols is 2. The molecule has 3 aromatic rings. The number of carbonyl (C=O) groups excluding carboxylic acids is 3. The van der Waals surface area contributed by atoms with Crippen molar-refractivity contribution in [3.63, 3.8) is 0 Å². The summed E-state index contributed by atoms with van der Waals surface area (Å²) in [6.45, 7) is 0.366. The van der Waals surface area contributed by atoms with Crippen LogP contribution in [0.15, 0.2) is 59.5 Å². The van der Waals surface area contributed by atoms with Crippen LogP contribution in [0.3, 0.4) is 0 Å². The van der Waals surface area contributed by atoms with Crippen LogP contribution < -0.4 is 20.9 Å². The van der Waals surface area contributed by atoms with Crippen molar-refractivity contribution in [2.75, 3.05) is 13.7 Å². The van der Waals surface area contributed by atoms with Gasteiger partial charge in [0.25, 0.3) is 5.91 Å². The van der Waals surface area contributed by atoms with Gasteiger partial charge < -0.3 is 35.9 Å². The van der Waals surface area contributed by atoms with E-state index >= 15 is 0 Å². The molecular formula is C28H27N3O8S. The van der Waals surface area contributed by atoms with Crippen LogP contribution >= 0.6 is 11.9 Å². The van der Waals surface area contributed by atoms with Crippen molar-refractivity contribution in [3.05, 3.63) is 76.9 Å². The fraction of sp³-hybridized carbons (Fsp3) is 0.250. The predicted molar refractivity (Wildman–Crippen MR) is 144 cm³/mol. The summed E-state index contributed by atoms with van der Waals surface area (Å²) in [6, 6.07) is 14.0. The number of amides is 1. The summed E-state index contributed by atoms with van der Waals surface area (Å²) in [4.78, 5) is 39.2. The summed E-state index contributed by atoms with van der Waals surface area (Å²) < 4.78 is 19.6. The van der Waals surface area contributed by atoms with Crippen molar-refractivity contribution in [2.24, 2.45) is 11.5 Å². The zero-order valence-electron chi connectivity index (χ0n) is 21.4. The second-order valence-electron chi connectivity index (χ2n) is 9.46. The molecule has 0 radical (unpaired) electrons. The van der Waals surface area contributed by atoms with Crippen LogP contribution in [0.25, 0.3) is 0 Å². The lowest BCUT2D eigenvalue weighted by Crippen LogP contribution is -2.59. The zero-order valence-corrected chi connectivity index (χ0v) is 22.2. The van der Waals surface area contributed by atoms with Crippen LogP contribution in [0.4, 0.5) is 0 Å². The summed E-state index contributed by atoms with van der Waals surface area (Å²) in [5, 5.41) is 20.7. The maximum Gasteiger partial charge on any atom is 0.340 e. The molecule has 0 fully saturated rings. The van der Waals surface area contributed by atoms with Crippen molar-refractivity contribution in [1.29, 1.82) is 0 Å². The van der Waals surface area contributed by atoms with Gasteiger partial charge in [-0.15, -0.1) is 0 Å². The molecule has 2 heterocycles. The summed E-state index contributed by atoms with van der Waals surface area (Å²) in [7, 11) is 1.14. The average molecular weight is 566 g/mol. The number of rotatable bonds is 8. The first-order valence-electron chi connectivity index (χ1n) is 12.4. The van der Waals surface area contributed by atoms with Crippen molar-refractivity contribution < 1.29 is 38.8 Å². The molecule has 2 aliphatic rings. The summed E-state index contributed by atoms with van der Waals surface area (Å²) >= 11 is 0.773. The SMILES string of the molecule is COC(=O)C(N)(CCCCN)C(=O)NSc1cc(O)cc2c1C1(OC(=O)c3ccccc31)c1ccc(O)cc1O2. The summed E-state index contributed by atoms with van der Waals surface area (Å²) in [6.07, 6.45) is 0.960. The maximum absolute atomic E-state index is 13.3. The van der Waals surface area contributed by atoms with Gasteiger partial charge in [0.15, 0.2) is 11.1 Å². The van der Waals surface area contributed by atoms with E-state index in [0.717, 1.165) is 19.1 Å². The number of benzene rings is 3. The molecule has 0 bridgehead atoms. The van der Waals surface area contributed by atoms with Crippen LogP contribution in [-0.4, -0.2) is 47.3 Å². The Balaban J connectivity index is 1.61. The number of nitrogens with two attached hydrogens (primary N) is 2. The Bertz CT molecular complexity index is 1530. The molecule has 0 aromatic heterocycles. The van der Waals surface area contributed by atoms with Crippen LogP contribution in [0.2, 0.25) is 0 Å². The molecule has 40 heavy (non-hydrogen) atoms.